The van der Waals surface area contributed by atoms with E-state index in [0.29, 0.717) is 0 Å². The molecule has 7 heavy (non-hydrogen) atoms. The highest BCUT2D eigenvalue weighted by molar-refractivity contribution is 5.85. The topological polar surface area (TPSA) is 64.3 Å². The molecule has 4 nitrogen and oxygen atoms in total. The van der Waals surface area contributed by atoms with Crippen LogP contribution in [0.1, 0.15) is 0 Å². The predicted octanol–water partition coefficient (Wildman–Crippen LogP) is -1.62. The van der Waals surface area contributed by atoms with Crippen molar-refractivity contribution in [1.82, 2.24) is 5.48 Å². The van der Waals surface area contributed by atoms with Crippen LogP contribution in [0.2, 0.25) is 0 Å². The summed E-state index contributed by atoms with van der Waals surface area (Å²) in [7, 11) is 0. The van der Waals surface area contributed by atoms with Gasteiger partial charge in [0.05, 0.1) is 0 Å². The lowest BCUT2D eigenvalue weighted by Gasteiger charge is -1.92. The van der Waals surface area contributed by atoms with Crippen LogP contribution in [-0.2, 0) is 9.63 Å². The van der Waals surface area contributed by atoms with Crippen LogP contribution in [0.5, 0.6) is 0 Å². The highest BCUT2D eigenvalue weighted by Crippen LogP contribution is 1.86. The molecule has 1 saturated heterocycles. The zero-order chi connectivity index (χ0) is 5.28. The number of Topliss-reactive ketones (excluding diaryl/α,β-unsaturated/α-hetero) is 1. The van der Waals surface area contributed by atoms with Crippen LogP contribution in [0.15, 0.2) is 0 Å². The van der Waals surface area contributed by atoms with Crippen molar-refractivity contribution in [3.05, 3.63) is 0 Å². The minimum absolute atomic E-state index is 0.0972. The van der Waals surface area contributed by atoms with E-state index in [1.165, 1.54) is 0 Å². The molecule has 4 heteroatoms. The van der Waals surface area contributed by atoms with E-state index in [1.54, 1.807) is 0 Å². The minimum Gasteiger partial charge on any atom is -0.308 e. The lowest BCUT2D eigenvalue weighted by atomic mass is 10.4. The molecule has 1 aliphatic heterocycles. The molecular weight excluding hydrogens is 96.0 g/mol. The monoisotopic (exact) mass is 102 g/mol. The summed E-state index contributed by atoms with van der Waals surface area (Å²) < 4.78 is 0. The maximum atomic E-state index is 10.3. The Kier molecular flexibility index (Phi) is 1.06. The Morgan fingerprint density at radius 3 is 2.86 bits per heavy atom. The van der Waals surface area contributed by atoms with E-state index in [1.807, 2.05) is 0 Å². The molecule has 0 aromatic heterocycles. The summed E-state index contributed by atoms with van der Waals surface area (Å²) in [4.78, 5) is 14.7. The zero-order valence-corrected chi connectivity index (χ0v) is 3.68. The van der Waals surface area contributed by atoms with Crippen molar-refractivity contribution in [3.8, 4) is 0 Å². The molecule has 0 radical (unpaired) electrons. The number of hydroxylamine groups is 1. The largest absolute Gasteiger partial charge is 0.308 e. The molecule has 0 aliphatic carbocycles. The van der Waals surface area contributed by atoms with E-state index >= 15 is 0 Å². The number of rotatable bonds is 0. The molecule has 1 heterocycles. The number of ketones is 1. The van der Waals surface area contributed by atoms with Crippen LogP contribution in [0.4, 0.5) is 0 Å². The maximum Gasteiger partial charge on any atom is 0.193 e. The lowest BCUT2D eigenvalue weighted by Crippen LogP contribution is -2.35. The highest BCUT2D eigenvalue weighted by Gasteiger charge is 2.19. The van der Waals surface area contributed by atoms with Crippen molar-refractivity contribution >= 4 is 5.78 Å². The van der Waals surface area contributed by atoms with Gasteiger partial charge in [0.2, 0.25) is 0 Å². The van der Waals surface area contributed by atoms with Crippen LogP contribution in [0.3, 0.4) is 0 Å². The zero-order valence-electron chi connectivity index (χ0n) is 3.68. The first-order chi connectivity index (χ1) is 3.30. The van der Waals surface area contributed by atoms with E-state index in [-0.39, 0.29) is 12.4 Å². The lowest BCUT2D eigenvalue weighted by molar-refractivity contribution is -0.118. The van der Waals surface area contributed by atoms with Crippen molar-refractivity contribution in [2.75, 3.05) is 6.61 Å². The van der Waals surface area contributed by atoms with Crippen LogP contribution < -0.4 is 11.2 Å². The SMILES string of the molecule is NC1NOCC1=O. The van der Waals surface area contributed by atoms with E-state index in [9.17, 15) is 4.79 Å². The van der Waals surface area contributed by atoms with Gasteiger partial charge in [-0.25, -0.2) is 0 Å². The quantitative estimate of drug-likeness (QED) is 0.385. The molecule has 0 aromatic rings. The Morgan fingerprint density at radius 2 is 2.71 bits per heavy atom. The predicted molar refractivity (Wildman–Crippen MR) is 22.1 cm³/mol. The summed E-state index contributed by atoms with van der Waals surface area (Å²) in [5.41, 5.74) is 7.39. The Hall–Kier alpha value is -0.450. The molecule has 0 spiro atoms. The first kappa shape index (κ1) is 4.70. The third-order valence-corrected chi connectivity index (χ3v) is 0.772. The summed E-state index contributed by atoms with van der Waals surface area (Å²) in [6.45, 7) is 0.0984. The van der Waals surface area contributed by atoms with Gasteiger partial charge in [0.25, 0.3) is 0 Å². The van der Waals surface area contributed by atoms with Gasteiger partial charge >= 0.3 is 0 Å². The molecule has 3 N–H and O–H groups in total. The molecule has 0 saturated carbocycles. The van der Waals surface area contributed by atoms with E-state index in [0.717, 1.165) is 0 Å². The highest BCUT2D eigenvalue weighted by atomic mass is 16.7. The molecule has 0 aromatic carbocycles. The third kappa shape index (κ3) is 0.767. The molecule has 1 fully saturated rings. The average molecular weight is 102 g/mol. The average Bonchev–Trinajstić information content (AvgIpc) is 1.91. The van der Waals surface area contributed by atoms with Crippen molar-refractivity contribution in [1.29, 1.82) is 0 Å². The first-order valence-electron chi connectivity index (χ1n) is 1.96. The standard InChI is InChI=1S/C3H6N2O2/c4-3-2(6)1-7-5-3/h3,5H,1,4H2. The van der Waals surface area contributed by atoms with Crippen LogP contribution in [0, 0.1) is 0 Å². The van der Waals surface area contributed by atoms with E-state index < -0.39 is 6.17 Å². The molecule has 1 unspecified atom stereocenters. The van der Waals surface area contributed by atoms with Crippen LogP contribution in [-0.4, -0.2) is 18.6 Å². The van der Waals surface area contributed by atoms with Gasteiger partial charge in [0.1, 0.15) is 12.8 Å². The summed E-state index contributed by atoms with van der Waals surface area (Å²) >= 11 is 0. The van der Waals surface area contributed by atoms with Gasteiger partial charge in [0, 0.05) is 0 Å². The summed E-state index contributed by atoms with van der Waals surface area (Å²) in [6, 6.07) is 0. The minimum atomic E-state index is -0.597. The van der Waals surface area contributed by atoms with Crippen molar-refractivity contribution in [2.45, 2.75) is 6.17 Å². The number of hydrogen-bond donors (Lipinski definition) is 2. The van der Waals surface area contributed by atoms with Crippen LogP contribution in [0.25, 0.3) is 0 Å². The molecular formula is C3H6N2O2. The molecule has 0 amide bonds. The summed E-state index contributed by atoms with van der Waals surface area (Å²) in [5, 5.41) is 0. The second-order valence-electron chi connectivity index (χ2n) is 1.35. The number of hydrogen-bond acceptors (Lipinski definition) is 4. The van der Waals surface area contributed by atoms with Gasteiger partial charge < -0.3 is 5.73 Å². The molecule has 1 aliphatic rings. The summed E-state index contributed by atoms with van der Waals surface area (Å²) in [6.07, 6.45) is -0.597. The van der Waals surface area contributed by atoms with E-state index in [4.69, 9.17) is 5.73 Å². The third-order valence-electron chi connectivity index (χ3n) is 0.772. The van der Waals surface area contributed by atoms with Gasteiger partial charge in [-0.2, -0.15) is 5.48 Å². The molecule has 1 atom stereocenters. The Morgan fingerprint density at radius 1 is 2.00 bits per heavy atom. The Labute approximate surface area is 40.6 Å². The number of carbonyl (C=O) groups excluding carboxylic acids is 1. The molecule has 40 valence electrons. The van der Waals surface area contributed by atoms with E-state index in [2.05, 4.69) is 10.3 Å². The van der Waals surface area contributed by atoms with Crippen molar-refractivity contribution in [3.63, 3.8) is 0 Å². The van der Waals surface area contributed by atoms with Gasteiger partial charge in [-0.05, 0) is 0 Å². The summed E-state index contributed by atoms with van der Waals surface area (Å²) in [5.74, 6) is -0.0972. The number of carbonyl (C=O) groups is 1. The van der Waals surface area contributed by atoms with Crippen molar-refractivity contribution < 1.29 is 9.63 Å². The van der Waals surface area contributed by atoms with Gasteiger partial charge in [-0.1, -0.05) is 0 Å². The second kappa shape index (κ2) is 1.57. The van der Waals surface area contributed by atoms with Gasteiger partial charge in [-0.15, -0.1) is 0 Å². The smallest absolute Gasteiger partial charge is 0.193 e. The second-order valence-corrected chi connectivity index (χ2v) is 1.35. The number of nitrogens with two attached hydrogens (primary N) is 1. The number of nitrogens with one attached hydrogen (secondary N) is 1. The molecule has 1 rings (SSSR count). The fourth-order valence-electron chi connectivity index (χ4n) is 0.358. The van der Waals surface area contributed by atoms with Crippen LogP contribution >= 0.6 is 0 Å². The Bertz CT molecular complexity index is 92.9. The van der Waals surface area contributed by atoms with Gasteiger partial charge in [-0.3, -0.25) is 9.63 Å². The van der Waals surface area contributed by atoms with Crippen molar-refractivity contribution in [2.24, 2.45) is 5.73 Å². The fourth-order valence-corrected chi connectivity index (χ4v) is 0.358. The first-order valence-corrected chi connectivity index (χ1v) is 1.96. The Balaban J connectivity index is 2.48. The maximum absolute atomic E-state index is 10.3. The normalized spacial score (nSPS) is 31.6. The van der Waals surface area contributed by atoms with Gasteiger partial charge in [0.15, 0.2) is 5.78 Å². The molecule has 0 bridgehead atoms. The fraction of sp³-hybridized carbons (Fsp3) is 0.667.